The van der Waals surface area contributed by atoms with Gasteiger partial charge in [0.1, 0.15) is 12.1 Å². The minimum absolute atomic E-state index is 0.00858. The summed E-state index contributed by atoms with van der Waals surface area (Å²) >= 11 is 0. The molecule has 0 radical (unpaired) electrons. The Morgan fingerprint density at radius 1 is 1.39 bits per heavy atom. The van der Waals surface area contributed by atoms with Crippen molar-refractivity contribution in [3.05, 3.63) is 35.3 Å². The lowest BCUT2D eigenvalue weighted by Gasteiger charge is -2.32. The molecular formula is C15H19N5O3. The number of carbonyl (C=O) groups excluding carboxylic acids is 2. The van der Waals surface area contributed by atoms with Gasteiger partial charge >= 0.3 is 0 Å². The predicted octanol–water partition coefficient (Wildman–Crippen LogP) is 1.06. The van der Waals surface area contributed by atoms with Gasteiger partial charge in [0.25, 0.3) is 11.8 Å². The Balaban J connectivity index is 1.74. The summed E-state index contributed by atoms with van der Waals surface area (Å²) in [6.45, 7) is 4.92. The third kappa shape index (κ3) is 2.96. The third-order valence-corrected chi connectivity index (χ3v) is 4.16. The zero-order valence-corrected chi connectivity index (χ0v) is 13.2. The standard InChI is InChI=1S/C15H19N5O3/c1-9-6-12(23-10(9)2)15(22)19-5-3-4-11(7-19)20-8-17-14(18-20)13(16)21/h6,8,11H,3-5,7H2,1-2H3,(H2,16,21)/t11-/m1/s1. The molecule has 23 heavy (non-hydrogen) atoms. The number of hydrogen-bond acceptors (Lipinski definition) is 5. The molecule has 2 aromatic heterocycles. The maximum atomic E-state index is 12.6. The maximum absolute atomic E-state index is 12.6. The summed E-state index contributed by atoms with van der Waals surface area (Å²) < 4.78 is 7.13. The summed E-state index contributed by atoms with van der Waals surface area (Å²) in [6.07, 6.45) is 3.20. The molecule has 1 atom stereocenters. The first-order valence-corrected chi connectivity index (χ1v) is 7.53. The van der Waals surface area contributed by atoms with Crippen LogP contribution in [0.1, 0.15) is 51.4 Å². The Bertz CT molecular complexity index is 729. The zero-order chi connectivity index (χ0) is 16.6. The van der Waals surface area contributed by atoms with E-state index in [9.17, 15) is 9.59 Å². The Hall–Kier alpha value is -2.64. The molecule has 8 nitrogen and oxygen atoms in total. The Morgan fingerprint density at radius 3 is 2.78 bits per heavy atom. The van der Waals surface area contributed by atoms with E-state index in [1.165, 1.54) is 6.33 Å². The first kappa shape index (κ1) is 15.3. The van der Waals surface area contributed by atoms with E-state index >= 15 is 0 Å². The highest BCUT2D eigenvalue weighted by molar-refractivity contribution is 5.92. The summed E-state index contributed by atoms with van der Waals surface area (Å²) in [7, 11) is 0. The summed E-state index contributed by atoms with van der Waals surface area (Å²) in [5, 5.41) is 4.09. The molecule has 0 aliphatic carbocycles. The lowest BCUT2D eigenvalue weighted by molar-refractivity contribution is 0.0638. The Labute approximate surface area is 133 Å². The average Bonchev–Trinajstić information content (AvgIpc) is 3.15. The molecule has 1 aliphatic heterocycles. The molecule has 0 aromatic carbocycles. The molecule has 122 valence electrons. The van der Waals surface area contributed by atoms with E-state index in [0.29, 0.717) is 18.8 Å². The zero-order valence-electron chi connectivity index (χ0n) is 13.2. The molecule has 0 saturated carbocycles. The second-order valence-electron chi connectivity index (χ2n) is 5.81. The number of nitrogens with two attached hydrogens (primary N) is 1. The van der Waals surface area contributed by atoms with Crippen molar-refractivity contribution in [2.45, 2.75) is 32.7 Å². The average molecular weight is 317 g/mol. The second-order valence-corrected chi connectivity index (χ2v) is 5.81. The summed E-state index contributed by atoms with van der Waals surface area (Å²) in [5.74, 6) is 0.322. The van der Waals surface area contributed by atoms with Gasteiger partial charge in [-0.15, -0.1) is 5.10 Å². The number of hydrogen-bond donors (Lipinski definition) is 1. The van der Waals surface area contributed by atoms with Crippen LogP contribution in [0.4, 0.5) is 0 Å². The van der Waals surface area contributed by atoms with E-state index < -0.39 is 5.91 Å². The Morgan fingerprint density at radius 2 is 2.17 bits per heavy atom. The van der Waals surface area contributed by atoms with Gasteiger partial charge in [-0.2, -0.15) is 0 Å². The molecule has 2 N–H and O–H groups in total. The number of likely N-dealkylation sites (tertiary alicyclic amines) is 1. The number of amides is 2. The van der Waals surface area contributed by atoms with Crippen molar-refractivity contribution in [2.75, 3.05) is 13.1 Å². The molecule has 8 heteroatoms. The molecule has 3 heterocycles. The predicted molar refractivity (Wildman–Crippen MR) is 80.9 cm³/mol. The largest absolute Gasteiger partial charge is 0.456 e. The van der Waals surface area contributed by atoms with Crippen LogP contribution in [0.25, 0.3) is 0 Å². The topological polar surface area (TPSA) is 107 Å². The van der Waals surface area contributed by atoms with E-state index in [0.717, 1.165) is 24.2 Å². The molecule has 1 fully saturated rings. The highest BCUT2D eigenvalue weighted by Crippen LogP contribution is 2.23. The number of rotatable bonds is 3. The number of aromatic nitrogens is 3. The van der Waals surface area contributed by atoms with E-state index in [2.05, 4.69) is 10.1 Å². The maximum Gasteiger partial charge on any atom is 0.289 e. The van der Waals surface area contributed by atoms with Gasteiger partial charge in [-0.3, -0.25) is 9.59 Å². The van der Waals surface area contributed by atoms with Gasteiger partial charge in [-0.1, -0.05) is 0 Å². The monoisotopic (exact) mass is 317 g/mol. The fraction of sp³-hybridized carbons (Fsp3) is 0.467. The molecule has 0 unspecified atom stereocenters. The van der Waals surface area contributed by atoms with Crippen LogP contribution in [0, 0.1) is 13.8 Å². The summed E-state index contributed by atoms with van der Waals surface area (Å²) in [5.41, 5.74) is 6.13. The summed E-state index contributed by atoms with van der Waals surface area (Å²) in [4.78, 5) is 29.3. The van der Waals surface area contributed by atoms with Crippen LogP contribution in [0.3, 0.4) is 0 Å². The van der Waals surface area contributed by atoms with Crippen LogP contribution in [0.5, 0.6) is 0 Å². The third-order valence-electron chi connectivity index (χ3n) is 4.16. The second kappa shape index (κ2) is 5.86. The van der Waals surface area contributed by atoms with Gasteiger partial charge in [0.05, 0.1) is 6.04 Å². The SMILES string of the molecule is Cc1cc(C(=O)N2CCC[C@@H](n3cnc(C(N)=O)n3)C2)oc1C. The van der Waals surface area contributed by atoms with Gasteiger partial charge < -0.3 is 15.1 Å². The van der Waals surface area contributed by atoms with Gasteiger partial charge in [0, 0.05) is 13.1 Å². The van der Waals surface area contributed by atoms with Gasteiger partial charge in [0.15, 0.2) is 5.76 Å². The first-order valence-electron chi connectivity index (χ1n) is 7.53. The van der Waals surface area contributed by atoms with Crippen LogP contribution >= 0.6 is 0 Å². The van der Waals surface area contributed by atoms with Gasteiger partial charge in [-0.25, -0.2) is 9.67 Å². The summed E-state index contributed by atoms with van der Waals surface area (Å²) in [6, 6.07) is 1.74. The van der Waals surface area contributed by atoms with E-state index in [1.54, 1.807) is 15.6 Å². The van der Waals surface area contributed by atoms with E-state index in [-0.39, 0.29) is 17.8 Å². The van der Waals surface area contributed by atoms with E-state index in [1.807, 2.05) is 13.8 Å². The normalized spacial score (nSPS) is 18.2. The van der Waals surface area contributed by atoms with Gasteiger partial charge in [0.2, 0.25) is 5.82 Å². The minimum Gasteiger partial charge on any atom is -0.456 e. The number of piperidine rings is 1. The minimum atomic E-state index is -0.658. The number of primary amides is 1. The number of carbonyl (C=O) groups is 2. The van der Waals surface area contributed by atoms with Gasteiger partial charge in [-0.05, 0) is 38.3 Å². The van der Waals surface area contributed by atoms with Crippen LogP contribution in [-0.2, 0) is 0 Å². The molecule has 1 saturated heterocycles. The number of aryl methyl sites for hydroxylation is 2. The fourth-order valence-corrected chi connectivity index (χ4v) is 2.75. The smallest absolute Gasteiger partial charge is 0.289 e. The van der Waals surface area contributed by atoms with Crippen molar-refractivity contribution in [3.8, 4) is 0 Å². The quantitative estimate of drug-likeness (QED) is 0.911. The molecular weight excluding hydrogens is 298 g/mol. The lowest BCUT2D eigenvalue weighted by atomic mass is 10.1. The van der Waals surface area contributed by atoms with Crippen molar-refractivity contribution in [2.24, 2.45) is 5.73 Å². The Kier molecular flexibility index (Phi) is 3.89. The van der Waals surface area contributed by atoms with Crippen molar-refractivity contribution in [1.82, 2.24) is 19.7 Å². The lowest BCUT2D eigenvalue weighted by Crippen LogP contribution is -2.40. The molecule has 3 rings (SSSR count). The van der Waals surface area contributed by atoms with Crippen LogP contribution < -0.4 is 5.73 Å². The number of furan rings is 1. The fourth-order valence-electron chi connectivity index (χ4n) is 2.75. The van der Waals surface area contributed by atoms with E-state index in [4.69, 9.17) is 10.2 Å². The highest BCUT2D eigenvalue weighted by Gasteiger charge is 2.28. The molecule has 0 spiro atoms. The molecule has 1 aliphatic rings. The molecule has 0 bridgehead atoms. The van der Waals surface area contributed by atoms with Crippen LogP contribution in [-0.4, -0.2) is 44.6 Å². The van der Waals surface area contributed by atoms with Crippen molar-refractivity contribution < 1.29 is 14.0 Å². The number of nitrogens with zero attached hydrogens (tertiary/aromatic N) is 4. The van der Waals surface area contributed by atoms with Crippen molar-refractivity contribution in [1.29, 1.82) is 0 Å². The van der Waals surface area contributed by atoms with Crippen molar-refractivity contribution >= 4 is 11.8 Å². The first-order chi connectivity index (χ1) is 11.0. The highest BCUT2D eigenvalue weighted by atomic mass is 16.4. The molecule has 2 aromatic rings. The van der Waals surface area contributed by atoms with Crippen LogP contribution in [0.2, 0.25) is 0 Å². The van der Waals surface area contributed by atoms with Crippen LogP contribution in [0.15, 0.2) is 16.8 Å². The van der Waals surface area contributed by atoms with Crippen molar-refractivity contribution in [3.63, 3.8) is 0 Å². The molecule has 2 amide bonds.